The van der Waals surface area contributed by atoms with Crippen LogP contribution in [0, 0.1) is 0 Å². The lowest BCUT2D eigenvalue weighted by Gasteiger charge is -2.32. The summed E-state index contributed by atoms with van der Waals surface area (Å²) in [6.45, 7) is 1.83. The third-order valence-electron chi connectivity index (χ3n) is 2.92. The summed E-state index contributed by atoms with van der Waals surface area (Å²) in [4.78, 5) is 25.9. The molecule has 1 aliphatic rings. The van der Waals surface area contributed by atoms with E-state index >= 15 is 0 Å². The van der Waals surface area contributed by atoms with E-state index in [4.69, 9.17) is 4.74 Å². The maximum atomic E-state index is 11.9. The number of likely N-dealkylation sites (N-methyl/N-ethyl adjacent to an activating group) is 1. The zero-order valence-electron chi connectivity index (χ0n) is 10.4. The first-order valence-electron chi connectivity index (χ1n) is 5.43. The number of hydrogen-bond donors (Lipinski definition) is 1. The maximum Gasteiger partial charge on any atom is 0.354 e. The number of rotatable bonds is 2. The molecule has 2 rings (SSSR count). The minimum absolute atomic E-state index is 0.261. The fraction of sp³-hybridized carbons (Fsp3) is 0.333. The molecular formula is C12H14N2O3S. The third kappa shape index (κ3) is 1.99. The first-order chi connectivity index (χ1) is 8.56. The van der Waals surface area contributed by atoms with Crippen LogP contribution in [0.5, 0.6) is 0 Å². The summed E-state index contributed by atoms with van der Waals surface area (Å²) < 4.78 is 4.73. The Labute approximate surface area is 109 Å². The van der Waals surface area contributed by atoms with Crippen molar-refractivity contribution in [1.82, 2.24) is 10.2 Å². The summed E-state index contributed by atoms with van der Waals surface area (Å²) in [5.41, 5.74) is 1.09. The van der Waals surface area contributed by atoms with E-state index in [0.29, 0.717) is 5.70 Å². The number of nitrogens with zero attached hydrogens (tertiary/aromatic N) is 1. The summed E-state index contributed by atoms with van der Waals surface area (Å²) in [6.07, 6.45) is 0. The van der Waals surface area contributed by atoms with Crippen LogP contribution in [0.4, 0.5) is 4.79 Å². The zero-order chi connectivity index (χ0) is 13.3. The van der Waals surface area contributed by atoms with Crippen LogP contribution in [0.2, 0.25) is 0 Å². The van der Waals surface area contributed by atoms with Gasteiger partial charge in [-0.25, -0.2) is 9.59 Å². The minimum atomic E-state index is -0.494. The number of ether oxygens (including phenoxy) is 1. The lowest BCUT2D eigenvalue weighted by molar-refractivity contribution is -0.137. The van der Waals surface area contributed by atoms with Crippen LogP contribution in [0.3, 0.4) is 0 Å². The number of carbonyl (C=O) groups excluding carboxylic acids is 2. The first kappa shape index (κ1) is 12.6. The number of thiophene rings is 1. The average molecular weight is 266 g/mol. The van der Waals surface area contributed by atoms with Crippen molar-refractivity contribution in [1.29, 1.82) is 0 Å². The van der Waals surface area contributed by atoms with Crippen molar-refractivity contribution in [3.8, 4) is 0 Å². The largest absolute Gasteiger partial charge is 0.464 e. The molecule has 0 radical (unpaired) electrons. The predicted octanol–water partition coefficient (Wildman–Crippen LogP) is 1.89. The number of methoxy groups -OCH3 is 1. The quantitative estimate of drug-likeness (QED) is 0.832. The van der Waals surface area contributed by atoms with E-state index in [9.17, 15) is 9.59 Å². The van der Waals surface area contributed by atoms with Gasteiger partial charge in [-0.3, -0.25) is 4.90 Å². The molecule has 0 saturated carbocycles. The molecular weight excluding hydrogens is 252 g/mol. The Morgan fingerprint density at radius 2 is 2.28 bits per heavy atom. The Balaban J connectivity index is 2.48. The van der Waals surface area contributed by atoms with Crippen LogP contribution < -0.4 is 5.32 Å². The van der Waals surface area contributed by atoms with Crippen molar-refractivity contribution in [3.63, 3.8) is 0 Å². The SMILES string of the molecule is COC(=O)C1=C(C)[C@H](c2cccs2)NC(=O)N1C. The Hall–Kier alpha value is -1.82. The number of urea groups is 1. The van der Waals surface area contributed by atoms with E-state index < -0.39 is 5.97 Å². The summed E-state index contributed by atoms with van der Waals surface area (Å²) in [5.74, 6) is -0.494. The molecule has 6 heteroatoms. The minimum Gasteiger partial charge on any atom is -0.464 e. The first-order valence-corrected chi connectivity index (χ1v) is 6.31. The van der Waals surface area contributed by atoms with Crippen molar-refractivity contribution in [2.24, 2.45) is 0 Å². The van der Waals surface area contributed by atoms with Gasteiger partial charge in [0.25, 0.3) is 0 Å². The van der Waals surface area contributed by atoms with Gasteiger partial charge in [0.1, 0.15) is 5.70 Å². The van der Waals surface area contributed by atoms with Gasteiger partial charge in [-0.05, 0) is 23.9 Å². The van der Waals surface area contributed by atoms with E-state index in [1.54, 1.807) is 7.05 Å². The van der Waals surface area contributed by atoms with Crippen molar-refractivity contribution < 1.29 is 14.3 Å². The van der Waals surface area contributed by atoms with Crippen molar-refractivity contribution in [3.05, 3.63) is 33.7 Å². The lowest BCUT2D eigenvalue weighted by Crippen LogP contribution is -2.46. The molecule has 0 saturated heterocycles. The number of esters is 1. The van der Waals surface area contributed by atoms with Crippen molar-refractivity contribution in [2.45, 2.75) is 13.0 Å². The standard InChI is InChI=1S/C12H14N2O3S/c1-7-9(8-5-4-6-18-8)13-12(16)14(2)10(7)11(15)17-3/h4-6,9H,1-3H3,(H,13,16)/t9-/m1/s1. The van der Waals surface area contributed by atoms with E-state index in [1.165, 1.54) is 23.3 Å². The van der Waals surface area contributed by atoms with Crippen molar-refractivity contribution in [2.75, 3.05) is 14.2 Å². The van der Waals surface area contributed by atoms with Crippen molar-refractivity contribution >= 4 is 23.3 Å². The monoisotopic (exact) mass is 266 g/mol. The smallest absolute Gasteiger partial charge is 0.354 e. The summed E-state index contributed by atoms with van der Waals surface area (Å²) in [7, 11) is 2.86. The van der Waals surface area contributed by atoms with E-state index in [-0.39, 0.29) is 12.1 Å². The number of carbonyl (C=O) groups is 2. The van der Waals surface area contributed by atoms with Gasteiger partial charge < -0.3 is 10.1 Å². The molecule has 1 aliphatic heterocycles. The fourth-order valence-corrected chi connectivity index (χ4v) is 2.81. The average Bonchev–Trinajstić information content (AvgIpc) is 2.87. The Kier molecular flexibility index (Phi) is 3.38. The highest BCUT2D eigenvalue weighted by Gasteiger charge is 2.34. The van der Waals surface area contributed by atoms with Gasteiger partial charge >= 0.3 is 12.0 Å². The molecule has 1 N–H and O–H groups in total. The molecule has 1 aromatic rings. The van der Waals surface area contributed by atoms with Crippen LogP contribution in [-0.2, 0) is 9.53 Å². The molecule has 0 unspecified atom stereocenters. The topological polar surface area (TPSA) is 58.6 Å². The molecule has 5 nitrogen and oxygen atoms in total. The third-order valence-corrected chi connectivity index (χ3v) is 3.86. The molecule has 0 spiro atoms. The highest BCUT2D eigenvalue weighted by molar-refractivity contribution is 7.10. The molecule has 18 heavy (non-hydrogen) atoms. The van der Waals surface area contributed by atoms with Gasteiger partial charge in [0.15, 0.2) is 0 Å². The Bertz CT molecular complexity index is 507. The van der Waals surface area contributed by atoms with Crippen LogP contribution in [0.1, 0.15) is 17.8 Å². The molecule has 2 heterocycles. The number of hydrogen-bond acceptors (Lipinski definition) is 4. The van der Waals surface area contributed by atoms with Crippen LogP contribution in [0.25, 0.3) is 0 Å². The molecule has 1 atom stereocenters. The summed E-state index contributed by atoms with van der Waals surface area (Å²) >= 11 is 1.54. The Morgan fingerprint density at radius 3 is 2.83 bits per heavy atom. The van der Waals surface area contributed by atoms with Gasteiger partial charge in [-0.15, -0.1) is 11.3 Å². The number of nitrogens with one attached hydrogen (secondary N) is 1. The molecule has 0 aliphatic carbocycles. The second-order valence-corrected chi connectivity index (χ2v) is 4.96. The van der Waals surface area contributed by atoms with E-state index in [2.05, 4.69) is 5.32 Å². The predicted molar refractivity (Wildman–Crippen MR) is 68.1 cm³/mol. The fourth-order valence-electron chi connectivity index (χ4n) is 1.97. The summed E-state index contributed by atoms with van der Waals surface area (Å²) in [6, 6.07) is 3.27. The van der Waals surface area contributed by atoms with E-state index in [0.717, 1.165) is 10.5 Å². The maximum absolute atomic E-state index is 11.9. The van der Waals surface area contributed by atoms with Gasteiger partial charge in [0.2, 0.25) is 0 Å². The highest BCUT2D eigenvalue weighted by Crippen LogP contribution is 2.32. The molecule has 0 bridgehead atoms. The van der Waals surface area contributed by atoms with E-state index in [1.807, 2.05) is 24.4 Å². The van der Waals surface area contributed by atoms with Gasteiger partial charge in [0, 0.05) is 11.9 Å². The second kappa shape index (κ2) is 4.81. The van der Waals surface area contributed by atoms with Crippen LogP contribution >= 0.6 is 11.3 Å². The van der Waals surface area contributed by atoms with Crippen LogP contribution in [0.15, 0.2) is 28.8 Å². The Morgan fingerprint density at radius 1 is 1.56 bits per heavy atom. The van der Waals surface area contributed by atoms with Crippen LogP contribution in [-0.4, -0.2) is 31.1 Å². The zero-order valence-corrected chi connectivity index (χ0v) is 11.2. The molecule has 96 valence electrons. The molecule has 0 fully saturated rings. The van der Waals surface area contributed by atoms with Gasteiger partial charge in [-0.2, -0.15) is 0 Å². The molecule has 0 aromatic carbocycles. The molecule has 2 amide bonds. The highest BCUT2D eigenvalue weighted by atomic mass is 32.1. The van der Waals surface area contributed by atoms with Gasteiger partial charge in [0.05, 0.1) is 13.2 Å². The summed E-state index contributed by atoms with van der Waals surface area (Å²) in [5, 5.41) is 4.79. The molecule has 1 aromatic heterocycles. The van der Waals surface area contributed by atoms with Gasteiger partial charge in [-0.1, -0.05) is 6.07 Å². The lowest BCUT2D eigenvalue weighted by atomic mass is 10.0. The number of amides is 2. The second-order valence-electron chi connectivity index (χ2n) is 3.98. The normalized spacial score (nSPS) is 19.8.